The van der Waals surface area contributed by atoms with Crippen LogP contribution in [0.4, 0.5) is 4.39 Å². The molecule has 2 rings (SSSR count). The van der Waals surface area contributed by atoms with Gasteiger partial charge in [0.1, 0.15) is 17.3 Å². The lowest BCUT2D eigenvalue weighted by Crippen LogP contribution is -2.22. The molecule has 1 aromatic carbocycles. The van der Waals surface area contributed by atoms with Crippen LogP contribution in [0.1, 0.15) is 38.4 Å². The number of nitrogens with zero attached hydrogens (tertiary/aromatic N) is 1. The fourth-order valence-electron chi connectivity index (χ4n) is 2.10. The Hall–Kier alpha value is -1.94. The zero-order valence-electron chi connectivity index (χ0n) is 12.5. The maximum atomic E-state index is 13.1. The van der Waals surface area contributed by atoms with Gasteiger partial charge in [0, 0.05) is 12.1 Å². The molecule has 21 heavy (non-hydrogen) atoms. The lowest BCUT2D eigenvalue weighted by Gasteiger charge is -2.16. The molecule has 0 aliphatic heterocycles. The highest BCUT2D eigenvalue weighted by Gasteiger charge is 2.09. The third kappa shape index (κ3) is 4.53. The zero-order chi connectivity index (χ0) is 15.1. The molecular weight excluding hydrogens is 267 g/mol. The molecule has 1 N–H and O–H groups in total. The SMILES string of the molecule is CCCNC(CC)c1ccc(Oc2cccc(F)c2)cn1. The molecule has 2 aromatic rings. The van der Waals surface area contributed by atoms with Crippen LogP contribution in [0, 0.1) is 5.82 Å². The van der Waals surface area contributed by atoms with E-state index in [2.05, 4.69) is 24.1 Å². The Balaban J connectivity index is 2.04. The Bertz CT molecular complexity index is 557. The van der Waals surface area contributed by atoms with Crippen LogP contribution in [-0.4, -0.2) is 11.5 Å². The van der Waals surface area contributed by atoms with Gasteiger partial charge in [0.2, 0.25) is 0 Å². The molecule has 0 radical (unpaired) electrons. The summed E-state index contributed by atoms with van der Waals surface area (Å²) in [6.07, 6.45) is 3.75. The van der Waals surface area contributed by atoms with E-state index >= 15 is 0 Å². The predicted octanol–water partition coefficient (Wildman–Crippen LogP) is 4.46. The molecule has 1 unspecified atom stereocenters. The topological polar surface area (TPSA) is 34.1 Å². The molecule has 0 spiro atoms. The van der Waals surface area contributed by atoms with Crippen molar-refractivity contribution in [2.24, 2.45) is 0 Å². The normalized spacial score (nSPS) is 12.1. The van der Waals surface area contributed by atoms with Crippen LogP contribution in [-0.2, 0) is 0 Å². The maximum Gasteiger partial charge on any atom is 0.145 e. The molecule has 3 nitrogen and oxygen atoms in total. The average molecular weight is 288 g/mol. The van der Waals surface area contributed by atoms with Crippen molar-refractivity contribution >= 4 is 0 Å². The highest BCUT2D eigenvalue weighted by molar-refractivity contribution is 5.30. The molecule has 1 atom stereocenters. The summed E-state index contributed by atoms with van der Waals surface area (Å²) in [5.74, 6) is 0.766. The summed E-state index contributed by atoms with van der Waals surface area (Å²) in [4.78, 5) is 4.44. The van der Waals surface area contributed by atoms with Crippen LogP contribution in [0.5, 0.6) is 11.5 Å². The van der Waals surface area contributed by atoms with Crippen molar-refractivity contribution in [3.8, 4) is 11.5 Å². The summed E-state index contributed by atoms with van der Waals surface area (Å²) in [5.41, 5.74) is 0.998. The molecule has 0 saturated carbocycles. The molecular formula is C17H21FN2O. The summed E-state index contributed by atoms with van der Waals surface area (Å²) in [7, 11) is 0. The highest BCUT2D eigenvalue weighted by Crippen LogP contribution is 2.23. The van der Waals surface area contributed by atoms with E-state index in [-0.39, 0.29) is 11.9 Å². The van der Waals surface area contributed by atoms with Gasteiger partial charge in [-0.2, -0.15) is 0 Å². The van der Waals surface area contributed by atoms with Crippen molar-refractivity contribution in [3.63, 3.8) is 0 Å². The molecule has 112 valence electrons. The maximum absolute atomic E-state index is 13.1. The summed E-state index contributed by atoms with van der Waals surface area (Å²) in [5, 5.41) is 3.46. The number of benzene rings is 1. The fourth-order valence-corrected chi connectivity index (χ4v) is 2.10. The fraction of sp³-hybridized carbons (Fsp3) is 0.353. The number of pyridine rings is 1. The van der Waals surface area contributed by atoms with E-state index in [0.717, 1.165) is 25.1 Å². The van der Waals surface area contributed by atoms with Gasteiger partial charge < -0.3 is 10.1 Å². The van der Waals surface area contributed by atoms with Gasteiger partial charge in [-0.3, -0.25) is 4.98 Å². The first kappa shape index (κ1) is 15.4. The molecule has 1 aromatic heterocycles. The first-order valence-corrected chi connectivity index (χ1v) is 7.35. The van der Waals surface area contributed by atoms with Crippen LogP contribution < -0.4 is 10.1 Å². The van der Waals surface area contributed by atoms with Gasteiger partial charge in [-0.25, -0.2) is 4.39 Å². The zero-order valence-corrected chi connectivity index (χ0v) is 12.5. The molecule has 0 saturated heterocycles. The third-order valence-electron chi connectivity index (χ3n) is 3.20. The molecule has 0 aliphatic carbocycles. The highest BCUT2D eigenvalue weighted by atomic mass is 19.1. The Morgan fingerprint density at radius 2 is 2.05 bits per heavy atom. The van der Waals surface area contributed by atoms with Crippen LogP contribution in [0.15, 0.2) is 42.6 Å². The Kier molecular flexibility index (Phi) is 5.69. The number of aromatic nitrogens is 1. The van der Waals surface area contributed by atoms with Crippen molar-refractivity contribution in [2.75, 3.05) is 6.54 Å². The van der Waals surface area contributed by atoms with Crippen LogP contribution in [0.2, 0.25) is 0 Å². The van der Waals surface area contributed by atoms with E-state index in [1.165, 1.54) is 12.1 Å². The minimum Gasteiger partial charge on any atom is -0.456 e. The van der Waals surface area contributed by atoms with Gasteiger partial charge in [0.15, 0.2) is 0 Å². The Morgan fingerprint density at radius 3 is 2.67 bits per heavy atom. The Labute approximate surface area is 125 Å². The van der Waals surface area contributed by atoms with Crippen molar-refractivity contribution in [2.45, 2.75) is 32.7 Å². The van der Waals surface area contributed by atoms with E-state index in [4.69, 9.17) is 4.74 Å². The molecule has 0 aliphatic rings. The number of halogens is 1. The van der Waals surface area contributed by atoms with Crippen molar-refractivity contribution in [1.82, 2.24) is 10.3 Å². The van der Waals surface area contributed by atoms with Crippen molar-refractivity contribution in [1.29, 1.82) is 0 Å². The largest absolute Gasteiger partial charge is 0.456 e. The molecule has 1 heterocycles. The van der Waals surface area contributed by atoms with Gasteiger partial charge in [-0.05, 0) is 43.7 Å². The van der Waals surface area contributed by atoms with Crippen molar-refractivity contribution < 1.29 is 9.13 Å². The number of ether oxygens (including phenoxy) is 1. The van der Waals surface area contributed by atoms with Crippen LogP contribution >= 0.6 is 0 Å². The average Bonchev–Trinajstić information content (AvgIpc) is 2.49. The van der Waals surface area contributed by atoms with Gasteiger partial charge in [-0.15, -0.1) is 0 Å². The van der Waals surface area contributed by atoms with E-state index in [0.29, 0.717) is 11.5 Å². The van der Waals surface area contributed by atoms with Crippen molar-refractivity contribution in [3.05, 3.63) is 54.1 Å². The molecule has 0 fully saturated rings. The third-order valence-corrected chi connectivity index (χ3v) is 3.20. The minimum absolute atomic E-state index is 0.258. The van der Waals surface area contributed by atoms with Gasteiger partial charge in [0.05, 0.1) is 11.9 Å². The van der Waals surface area contributed by atoms with Crippen LogP contribution in [0.25, 0.3) is 0 Å². The smallest absolute Gasteiger partial charge is 0.145 e. The van der Waals surface area contributed by atoms with Crippen LogP contribution in [0.3, 0.4) is 0 Å². The summed E-state index contributed by atoms with van der Waals surface area (Å²) >= 11 is 0. The van der Waals surface area contributed by atoms with E-state index in [1.807, 2.05) is 12.1 Å². The molecule has 4 heteroatoms. The second-order valence-electron chi connectivity index (χ2n) is 4.89. The standard InChI is InChI=1S/C17H21FN2O/c1-3-10-19-16(4-2)17-9-8-15(12-20-17)21-14-7-5-6-13(18)11-14/h5-9,11-12,16,19H,3-4,10H2,1-2H3. The van der Waals surface area contributed by atoms with Gasteiger partial charge in [-0.1, -0.05) is 19.9 Å². The molecule has 0 bridgehead atoms. The van der Waals surface area contributed by atoms with E-state index < -0.39 is 0 Å². The van der Waals surface area contributed by atoms with Gasteiger partial charge in [0.25, 0.3) is 0 Å². The quantitative estimate of drug-likeness (QED) is 0.816. The number of hydrogen-bond acceptors (Lipinski definition) is 3. The Morgan fingerprint density at radius 1 is 1.19 bits per heavy atom. The summed E-state index contributed by atoms with van der Waals surface area (Å²) < 4.78 is 18.7. The van der Waals surface area contributed by atoms with Gasteiger partial charge >= 0.3 is 0 Å². The summed E-state index contributed by atoms with van der Waals surface area (Å²) in [6, 6.07) is 10.1. The number of rotatable bonds is 7. The second kappa shape index (κ2) is 7.74. The first-order chi connectivity index (χ1) is 10.2. The van der Waals surface area contributed by atoms with E-state index in [9.17, 15) is 4.39 Å². The molecule has 0 amide bonds. The monoisotopic (exact) mass is 288 g/mol. The number of hydrogen-bond donors (Lipinski definition) is 1. The lowest BCUT2D eigenvalue weighted by atomic mass is 10.1. The predicted molar refractivity (Wildman–Crippen MR) is 82.0 cm³/mol. The summed E-state index contributed by atoms with van der Waals surface area (Å²) in [6.45, 7) is 5.25. The first-order valence-electron chi connectivity index (χ1n) is 7.35. The number of nitrogens with one attached hydrogen (secondary N) is 1. The van der Waals surface area contributed by atoms with E-state index in [1.54, 1.807) is 18.3 Å². The minimum atomic E-state index is -0.313. The lowest BCUT2D eigenvalue weighted by molar-refractivity contribution is 0.469. The second-order valence-corrected chi connectivity index (χ2v) is 4.89.